The second kappa shape index (κ2) is 8.40. The maximum atomic E-state index is 12.4. The van der Waals surface area contributed by atoms with Crippen LogP contribution in [0, 0.1) is 11.8 Å². The molecule has 1 fully saturated rings. The fourth-order valence-electron chi connectivity index (χ4n) is 2.77. The maximum absolute atomic E-state index is 12.4. The van der Waals surface area contributed by atoms with E-state index in [1.54, 1.807) is 12.3 Å². The van der Waals surface area contributed by atoms with Crippen molar-refractivity contribution < 1.29 is 9.59 Å². The molecule has 0 saturated carbocycles. The first kappa shape index (κ1) is 17.9. The van der Waals surface area contributed by atoms with E-state index in [0.29, 0.717) is 18.9 Å². The van der Waals surface area contributed by atoms with E-state index in [-0.39, 0.29) is 23.7 Å². The number of carbonyl (C=O) groups excluding carboxylic acids is 2. The van der Waals surface area contributed by atoms with Crippen molar-refractivity contribution >= 4 is 33.6 Å². The van der Waals surface area contributed by atoms with Crippen LogP contribution in [-0.2, 0) is 9.59 Å². The predicted molar refractivity (Wildman–Crippen MR) is 93.0 cm³/mol. The summed E-state index contributed by atoms with van der Waals surface area (Å²) >= 11 is 3.31. The molecule has 7 heteroatoms. The Kier molecular flexibility index (Phi) is 6.53. The standard InChI is InChI=1S/C16H23BrN4O2/c1-11(8-18-2)16(23)21-7-3-4-12(10-21)15(22)20-14-6-5-13(17)9-19-14/h5-6,9,11-12,18H,3-4,7-8,10H2,1-2H3,(H,19,20,22). The van der Waals surface area contributed by atoms with Crippen molar-refractivity contribution in [3.05, 3.63) is 22.8 Å². The molecule has 1 aromatic heterocycles. The number of aromatic nitrogens is 1. The van der Waals surface area contributed by atoms with Crippen molar-refractivity contribution in [3.63, 3.8) is 0 Å². The summed E-state index contributed by atoms with van der Waals surface area (Å²) in [6.07, 6.45) is 3.29. The molecular formula is C16H23BrN4O2. The number of halogens is 1. The van der Waals surface area contributed by atoms with Crippen LogP contribution in [0.25, 0.3) is 0 Å². The summed E-state index contributed by atoms with van der Waals surface area (Å²) in [4.78, 5) is 30.8. The van der Waals surface area contributed by atoms with Crippen molar-refractivity contribution in [2.75, 3.05) is 32.0 Å². The number of rotatable bonds is 5. The van der Waals surface area contributed by atoms with Gasteiger partial charge in [-0.3, -0.25) is 9.59 Å². The lowest BCUT2D eigenvalue weighted by molar-refractivity contribution is -0.137. The summed E-state index contributed by atoms with van der Waals surface area (Å²) in [5.41, 5.74) is 0. The number of anilines is 1. The second-order valence-corrected chi connectivity index (χ2v) is 6.85. The van der Waals surface area contributed by atoms with Crippen LogP contribution in [0.5, 0.6) is 0 Å². The van der Waals surface area contributed by atoms with E-state index in [1.165, 1.54) is 0 Å². The van der Waals surface area contributed by atoms with Gasteiger partial charge in [-0.15, -0.1) is 0 Å². The molecule has 0 aliphatic carbocycles. The molecule has 0 spiro atoms. The van der Waals surface area contributed by atoms with Crippen LogP contribution in [-0.4, -0.2) is 48.4 Å². The SMILES string of the molecule is CNCC(C)C(=O)N1CCCC(C(=O)Nc2ccc(Br)cn2)C1. The van der Waals surface area contributed by atoms with Crippen molar-refractivity contribution in [1.29, 1.82) is 0 Å². The lowest BCUT2D eigenvalue weighted by atomic mass is 9.96. The van der Waals surface area contributed by atoms with Crippen LogP contribution in [0.3, 0.4) is 0 Å². The number of likely N-dealkylation sites (tertiary alicyclic amines) is 1. The molecular weight excluding hydrogens is 360 g/mol. The molecule has 2 atom stereocenters. The minimum atomic E-state index is -0.181. The van der Waals surface area contributed by atoms with Crippen LogP contribution < -0.4 is 10.6 Å². The molecule has 0 radical (unpaired) electrons. The minimum Gasteiger partial charge on any atom is -0.342 e. The monoisotopic (exact) mass is 382 g/mol. The Labute approximate surface area is 145 Å². The van der Waals surface area contributed by atoms with E-state index in [4.69, 9.17) is 0 Å². The highest BCUT2D eigenvalue weighted by Gasteiger charge is 2.30. The molecule has 2 amide bonds. The lowest BCUT2D eigenvalue weighted by Crippen LogP contribution is -2.46. The smallest absolute Gasteiger partial charge is 0.230 e. The van der Waals surface area contributed by atoms with Gasteiger partial charge in [0.05, 0.1) is 5.92 Å². The summed E-state index contributed by atoms with van der Waals surface area (Å²) < 4.78 is 0.864. The van der Waals surface area contributed by atoms with Crippen LogP contribution in [0.1, 0.15) is 19.8 Å². The summed E-state index contributed by atoms with van der Waals surface area (Å²) in [6, 6.07) is 3.58. The van der Waals surface area contributed by atoms with Gasteiger partial charge in [-0.2, -0.15) is 0 Å². The second-order valence-electron chi connectivity index (χ2n) is 5.93. The zero-order valence-corrected chi connectivity index (χ0v) is 15.1. The van der Waals surface area contributed by atoms with Gasteiger partial charge < -0.3 is 15.5 Å². The maximum Gasteiger partial charge on any atom is 0.230 e. The largest absolute Gasteiger partial charge is 0.342 e. The third kappa shape index (κ3) is 5.00. The van der Waals surface area contributed by atoms with Gasteiger partial charge in [-0.25, -0.2) is 4.98 Å². The van der Waals surface area contributed by atoms with Crippen LogP contribution in [0.15, 0.2) is 22.8 Å². The lowest BCUT2D eigenvalue weighted by Gasteiger charge is -2.33. The Hall–Kier alpha value is -1.47. The highest BCUT2D eigenvalue weighted by molar-refractivity contribution is 9.10. The van der Waals surface area contributed by atoms with Crippen molar-refractivity contribution in [3.8, 4) is 0 Å². The van der Waals surface area contributed by atoms with Crippen LogP contribution >= 0.6 is 15.9 Å². The van der Waals surface area contributed by atoms with Gasteiger partial charge in [-0.05, 0) is 48.0 Å². The molecule has 2 N–H and O–H groups in total. The van der Waals surface area contributed by atoms with Gasteiger partial charge in [0.1, 0.15) is 5.82 Å². The molecule has 0 bridgehead atoms. The summed E-state index contributed by atoms with van der Waals surface area (Å²) in [6.45, 7) is 3.77. The van der Waals surface area contributed by atoms with Crippen molar-refractivity contribution in [2.24, 2.45) is 11.8 Å². The molecule has 2 rings (SSSR count). The fourth-order valence-corrected chi connectivity index (χ4v) is 3.01. The van der Waals surface area contributed by atoms with E-state index >= 15 is 0 Å². The van der Waals surface area contributed by atoms with E-state index < -0.39 is 0 Å². The zero-order valence-electron chi connectivity index (χ0n) is 13.5. The van der Waals surface area contributed by atoms with Crippen molar-refractivity contribution in [2.45, 2.75) is 19.8 Å². The average molecular weight is 383 g/mol. The number of hydrogen-bond acceptors (Lipinski definition) is 4. The number of carbonyl (C=O) groups is 2. The number of nitrogens with zero attached hydrogens (tertiary/aromatic N) is 2. The Morgan fingerprint density at radius 2 is 2.26 bits per heavy atom. The van der Waals surface area contributed by atoms with Gasteiger partial charge in [0.25, 0.3) is 0 Å². The molecule has 23 heavy (non-hydrogen) atoms. The first-order valence-electron chi connectivity index (χ1n) is 7.87. The molecule has 1 aliphatic rings. The Balaban J connectivity index is 1.93. The van der Waals surface area contributed by atoms with Gasteiger partial charge >= 0.3 is 0 Å². The quantitative estimate of drug-likeness (QED) is 0.814. The molecule has 1 saturated heterocycles. The number of hydrogen-bond donors (Lipinski definition) is 2. The van der Waals surface area contributed by atoms with Crippen LogP contribution in [0.4, 0.5) is 5.82 Å². The molecule has 0 aromatic carbocycles. The highest BCUT2D eigenvalue weighted by atomic mass is 79.9. The summed E-state index contributed by atoms with van der Waals surface area (Å²) in [7, 11) is 1.83. The summed E-state index contributed by atoms with van der Waals surface area (Å²) in [5.74, 6) is 0.317. The van der Waals surface area contributed by atoms with Crippen molar-refractivity contribution in [1.82, 2.24) is 15.2 Å². The Morgan fingerprint density at radius 1 is 1.48 bits per heavy atom. The van der Waals surface area contributed by atoms with E-state index in [2.05, 4.69) is 31.5 Å². The van der Waals surface area contributed by atoms with E-state index in [0.717, 1.165) is 23.9 Å². The van der Waals surface area contributed by atoms with E-state index in [1.807, 2.05) is 24.9 Å². The van der Waals surface area contributed by atoms with E-state index in [9.17, 15) is 9.59 Å². The van der Waals surface area contributed by atoms with Gasteiger partial charge in [0.15, 0.2) is 0 Å². The summed E-state index contributed by atoms with van der Waals surface area (Å²) in [5, 5.41) is 5.85. The normalized spacial score (nSPS) is 19.3. The Morgan fingerprint density at radius 3 is 2.91 bits per heavy atom. The highest BCUT2D eigenvalue weighted by Crippen LogP contribution is 2.20. The third-order valence-corrected chi connectivity index (χ3v) is 4.48. The number of amides is 2. The molecule has 1 aliphatic heterocycles. The van der Waals surface area contributed by atoms with Crippen LogP contribution in [0.2, 0.25) is 0 Å². The van der Waals surface area contributed by atoms with Gasteiger partial charge in [0, 0.05) is 36.2 Å². The molecule has 6 nitrogen and oxygen atoms in total. The average Bonchev–Trinajstić information content (AvgIpc) is 2.56. The fraction of sp³-hybridized carbons (Fsp3) is 0.562. The topological polar surface area (TPSA) is 74.3 Å². The molecule has 126 valence electrons. The molecule has 1 aromatic rings. The first-order chi connectivity index (χ1) is 11.0. The zero-order chi connectivity index (χ0) is 16.8. The van der Waals surface area contributed by atoms with Gasteiger partial charge in [0.2, 0.25) is 11.8 Å². The minimum absolute atomic E-state index is 0.0707. The molecule has 2 heterocycles. The Bertz CT molecular complexity index is 550. The third-order valence-electron chi connectivity index (χ3n) is 4.01. The predicted octanol–water partition coefficient (Wildman–Crippen LogP) is 1.88. The number of nitrogens with one attached hydrogen (secondary N) is 2. The molecule has 2 unspecified atom stereocenters. The number of piperidine rings is 1. The number of pyridine rings is 1. The first-order valence-corrected chi connectivity index (χ1v) is 8.66. The van der Waals surface area contributed by atoms with Gasteiger partial charge in [-0.1, -0.05) is 6.92 Å².